The Kier molecular flexibility index (Phi) is 2.51. The average Bonchev–Trinajstić information content (AvgIpc) is 2.02. The number of carbonyl (C=O) groups excluding carboxylic acids is 1. The van der Waals surface area contributed by atoms with Crippen molar-refractivity contribution in [1.82, 2.24) is 4.98 Å². The first-order valence-electron chi connectivity index (χ1n) is 3.80. The molecule has 0 amide bonds. The van der Waals surface area contributed by atoms with E-state index in [4.69, 9.17) is 0 Å². The topological polar surface area (TPSA) is 59.1 Å². The van der Waals surface area contributed by atoms with Gasteiger partial charge in [-0.2, -0.15) is 0 Å². The van der Waals surface area contributed by atoms with Crippen LogP contribution in [0.15, 0.2) is 6.07 Å². The zero-order chi connectivity index (χ0) is 10.0. The molecule has 0 aliphatic heterocycles. The Labute approximate surface area is 76.2 Å². The smallest absolute Gasteiger partial charge is 0.343 e. The van der Waals surface area contributed by atoms with E-state index in [-0.39, 0.29) is 11.3 Å². The molecule has 4 nitrogen and oxygen atoms in total. The summed E-state index contributed by atoms with van der Waals surface area (Å²) in [5.41, 5.74) is 1.04. The summed E-state index contributed by atoms with van der Waals surface area (Å²) in [5.74, 6) is -0.966. The van der Waals surface area contributed by atoms with Gasteiger partial charge in [0.25, 0.3) is 0 Å². The molecular weight excluding hydrogens is 170 g/mol. The van der Waals surface area contributed by atoms with E-state index in [9.17, 15) is 9.90 Å². The van der Waals surface area contributed by atoms with Crippen molar-refractivity contribution in [3.05, 3.63) is 23.0 Å². The largest absolute Gasteiger partial charge is 0.465 e. The summed E-state index contributed by atoms with van der Waals surface area (Å²) in [6.07, 6.45) is 0. The number of hydrogen-bond donors (Lipinski definition) is 0. The lowest BCUT2D eigenvalue weighted by Gasteiger charge is -2.04. The van der Waals surface area contributed by atoms with Crippen LogP contribution in [-0.2, 0) is 9.84 Å². The van der Waals surface area contributed by atoms with Gasteiger partial charge in [-0.05, 0) is 13.8 Å². The Balaban J connectivity index is 3.28. The van der Waals surface area contributed by atoms with Crippen LogP contribution in [-0.4, -0.2) is 18.1 Å². The predicted molar refractivity (Wildman–Crippen MR) is 45.2 cm³/mol. The first-order valence-corrected chi connectivity index (χ1v) is 3.80. The van der Waals surface area contributed by atoms with Crippen LogP contribution in [0, 0.1) is 13.8 Å². The number of ether oxygens (including phenoxy) is 1. The molecule has 1 aromatic rings. The molecule has 1 aromatic heterocycles. The van der Waals surface area contributed by atoms with Gasteiger partial charge in [0.1, 0.15) is 5.56 Å². The van der Waals surface area contributed by atoms with Crippen molar-refractivity contribution in [2.75, 3.05) is 7.11 Å². The molecule has 0 aliphatic carbocycles. The number of carbonyl (C=O) groups is 1. The standard InChI is InChI=1S/C9H10NO3/c1-5-4-7(11)8(6(2)10-5)9(12)13-3/h4H,1-3H3. The molecule has 0 N–H and O–H groups in total. The number of pyridine rings is 1. The van der Waals surface area contributed by atoms with E-state index in [1.807, 2.05) is 0 Å². The monoisotopic (exact) mass is 180 g/mol. The number of aromatic nitrogens is 1. The maximum absolute atomic E-state index is 11.3. The lowest BCUT2D eigenvalue weighted by Crippen LogP contribution is -2.06. The molecule has 0 aliphatic rings. The van der Waals surface area contributed by atoms with Crippen LogP contribution in [0.1, 0.15) is 21.7 Å². The van der Waals surface area contributed by atoms with Gasteiger partial charge in [-0.1, -0.05) is 0 Å². The highest BCUT2D eigenvalue weighted by atomic mass is 16.5. The van der Waals surface area contributed by atoms with E-state index in [2.05, 4.69) is 9.72 Å². The van der Waals surface area contributed by atoms with Crippen molar-refractivity contribution >= 4 is 5.97 Å². The lowest BCUT2D eigenvalue weighted by molar-refractivity contribution is 0.0594. The number of nitrogens with zero attached hydrogens (tertiary/aromatic N) is 1. The van der Waals surface area contributed by atoms with Gasteiger partial charge in [0.2, 0.25) is 0 Å². The SMILES string of the molecule is COC(=O)c1c([O])cc(C)nc1C. The van der Waals surface area contributed by atoms with Gasteiger partial charge in [-0.15, -0.1) is 0 Å². The maximum atomic E-state index is 11.3. The Morgan fingerprint density at radius 2 is 2.08 bits per heavy atom. The molecule has 1 rings (SSSR count). The Morgan fingerprint density at radius 3 is 2.54 bits per heavy atom. The van der Waals surface area contributed by atoms with Crippen molar-refractivity contribution in [2.24, 2.45) is 0 Å². The quantitative estimate of drug-likeness (QED) is 0.617. The minimum absolute atomic E-state index is 0.0214. The number of methoxy groups -OCH3 is 1. The van der Waals surface area contributed by atoms with E-state index < -0.39 is 5.97 Å². The van der Waals surface area contributed by atoms with Gasteiger partial charge < -0.3 is 4.74 Å². The van der Waals surface area contributed by atoms with Gasteiger partial charge in [-0.25, -0.2) is 4.79 Å². The molecular formula is C9H10NO3. The van der Waals surface area contributed by atoms with E-state index in [1.165, 1.54) is 13.2 Å². The fourth-order valence-electron chi connectivity index (χ4n) is 1.14. The molecule has 1 radical (unpaired) electrons. The van der Waals surface area contributed by atoms with Crippen LogP contribution in [0.25, 0.3) is 0 Å². The number of esters is 1. The van der Waals surface area contributed by atoms with Crippen LogP contribution >= 0.6 is 0 Å². The summed E-state index contributed by atoms with van der Waals surface area (Å²) in [6.45, 7) is 3.32. The third-order valence-electron chi connectivity index (χ3n) is 1.68. The van der Waals surface area contributed by atoms with E-state index in [0.717, 1.165) is 0 Å². The number of aryl methyl sites for hydroxylation is 2. The molecule has 0 atom stereocenters. The second-order valence-corrected chi connectivity index (χ2v) is 2.71. The lowest BCUT2D eigenvalue weighted by atomic mass is 10.1. The third-order valence-corrected chi connectivity index (χ3v) is 1.68. The minimum atomic E-state index is -0.630. The summed E-state index contributed by atoms with van der Waals surface area (Å²) in [5, 5.41) is 11.3. The van der Waals surface area contributed by atoms with Gasteiger partial charge in [0.05, 0.1) is 12.8 Å². The average molecular weight is 180 g/mol. The van der Waals surface area contributed by atoms with Gasteiger partial charge >= 0.3 is 5.97 Å². The van der Waals surface area contributed by atoms with Crippen molar-refractivity contribution in [3.63, 3.8) is 0 Å². The molecule has 69 valence electrons. The van der Waals surface area contributed by atoms with Gasteiger partial charge in [-0.3, -0.25) is 10.1 Å². The van der Waals surface area contributed by atoms with Gasteiger partial charge in [0.15, 0.2) is 5.75 Å². The van der Waals surface area contributed by atoms with Crippen molar-refractivity contribution in [3.8, 4) is 5.75 Å². The maximum Gasteiger partial charge on any atom is 0.343 e. The zero-order valence-corrected chi connectivity index (χ0v) is 7.75. The summed E-state index contributed by atoms with van der Waals surface area (Å²) in [7, 11) is 1.24. The summed E-state index contributed by atoms with van der Waals surface area (Å²) < 4.78 is 4.46. The first-order chi connectivity index (χ1) is 6.06. The molecule has 0 spiro atoms. The predicted octanol–water partition coefficient (Wildman–Crippen LogP) is 1.63. The van der Waals surface area contributed by atoms with Crippen LogP contribution in [0.4, 0.5) is 0 Å². The molecule has 0 saturated heterocycles. The fourth-order valence-corrected chi connectivity index (χ4v) is 1.14. The fraction of sp³-hybridized carbons (Fsp3) is 0.333. The normalized spacial score (nSPS) is 9.77. The molecule has 0 bridgehead atoms. The van der Waals surface area contributed by atoms with E-state index in [0.29, 0.717) is 11.4 Å². The van der Waals surface area contributed by atoms with Crippen LogP contribution < -0.4 is 0 Å². The van der Waals surface area contributed by atoms with Gasteiger partial charge in [0, 0.05) is 11.8 Å². The molecule has 13 heavy (non-hydrogen) atoms. The Hall–Kier alpha value is -1.58. The van der Waals surface area contributed by atoms with Crippen LogP contribution in [0.3, 0.4) is 0 Å². The third kappa shape index (κ3) is 1.77. The van der Waals surface area contributed by atoms with Crippen molar-refractivity contribution in [2.45, 2.75) is 13.8 Å². The zero-order valence-electron chi connectivity index (χ0n) is 7.75. The molecule has 0 aromatic carbocycles. The van der Waals surface area contributed by atoms with Crippen LogP contribution in [0.2, 0.25) is 0 Å². The van der Waals surface area contributed by atoms with Crippen molar-refractivity contribution < 1.29 is 14.6 Å². The summed E-state index contributed by atoms with van der Waals surface area (Å²) >= 11 is 0. The van der Waals surface area contributed by atoms with Crippen LogP contribution in [0.5, 0.6) is 5.75 Å². The Bertz CT molecular complexity index is 324. The highest BCUT2D eigenvalue weighted by Gasteiger charge is 2.17. The summed E-state index contributed by atoms with van der Waals surface area (Å²) in [6, 6.07) is 1.32. The summed E-state index contributed by atoms with van der Waals surface area (Å²) in [4.78, 5) is 15.1. The van der Waals surface area contributed by atoms with E-state index in [1.54, 1.807) is 13.8 Å². The number of rotatable bonds is 1. The Morgan fingerprint density at radius 1 is 1.46 bits per heavy atom. The molecule has 0 saturated carbocycles. The molecule has 1 heterocycles. The van der Waals surface area contributed by atoms with Crippen molar-refractivity contribution in [1.29, 1.82) is 0 Å². The molecule has 0 fully saturated rings. The second-order valence-electron chi connectivity index (χ2n) is 2.71. The second kappa shape index (κ2) is 3.43. The van der Waals surface area contributed by atoms with E-state index >= 15 is 0 Å². The molecule has 4 heteroatoms. The molecule has 0 unspecified atom stereocenters. The first kappa shape index (κ1) is 9.51. The highest BCUT2D eigenvalue weighted by molar-refractivity contribution is 5.93. The minimum Gasteiger partial charge on any atom is -0.465 e. The highest BCUT2D eigenvalue weighted by Crippen LogP contribution is 2.21. The number of hydrogen-bond acceptors (Lipinski definition) is 3.